The molecule has 0 unspecified atom stereocenters. The molecule has 5 heteroatoms. The highest BCUT2D eigenvalue weighted by atomic mass is 16.4. The second kappa shape index (κ2) is 7.60. The van der Waals surface area contributed by atoms with Gasteiger partial charge in [0.15, 0.2) is 5.58 Å². The highest BCUT2D eigenvalue weighted by Gasteiger charge is 2.20. The zero-order chi connectivity index (χ0) is 27.5. The molecule has 0 atom stereocenters. The van der Waals surface area contributed by atoms with Crippen LogP contribution in [0.2, 0.25) is 0 Å². The lowest BCUT2D eigenvalue weighted by atomic mass is 10.0. The molecule has 4 aromatic rings. The van der Waals surface area contributed by atoms with Gasteiger partial charge in [0.2, 0.25) is 0 Å². The summed E-state index contributed by atoms with van der Waals surface area (Å²) in [5, 5.41) is 0. The normalized spacial score (nSPS) is 20.0. The van der Waals surface area contributed by atoms with E-state index < -0.39 is 24.3 Å². The molecule has 1 fully saturated rings. The third-order valence-corrected chi connectivity index (χ3v) is 4.79. The average molecular weight is 395 g/mol. The van der Waals surface area contributed by atoms with Gasteiger partial charge in [0, 0.05) is 35.4 Å². The molecule has 0 radical (unpaired) electrons. The zero-order valence-corrected chi connectivity index (χ0v) is 15.4. The predicted molar refractivity (Wildman–Crippen MR) is 116 cm³/mol. The molecule has 2 heterocycles. The van der Waals surface area contributed by atoms with Crippen molar-refractivity contribution >= 4 is 16.8 Å². The molecule has 1 aliphatic rings. The van der Waals surface area contributed by atoms with Gasteiger partial charge in [0.1, 0.15) is 0 Å². The molecule has 1 aromatic heterocycles. The molecular weight excluding hydrogens is 362 g/mol. The summed E-state index contributed by atoms with van der Waals surface area (Å²) in [6, 6.07) is 6.00. The van der Waals surface area contributed by atoms with Crippen LogP contribution in [0.4, 0.5) is 5.69 Å². The third-order valence-electron chi connectivity index (χ3n) is 4.79. The largest absolute Gasteiger partial charge is 0.417 e. The number of nitrogens with zero attached hydrogens (tertiary/aromatic N) is 2. The van der Waals surface area contributed by atoms with Gasteiger partial charge in [0.25, 0.3) is 0 Å². The van der Waals surface area contributed by atoms with Crippen LogP contribution in [-0.2, 0) is 6.50 Å². The first-order chi connectivity index (χ1) is 17.9. The van der Waals surface area contributed by atoms with Gasteiger partial charge in [-0.2, -0.15) is 0 Å². The Balaban J connectivity index is 1.51. The quantitative estimate of drug-likeness (QED) is 0.566. The Kier molecular flexibility index (Phi) is 2.74. The summed E-state index contributed by atoms with van der Waals surface area (Å²) in [7, 11) is 0. The SMILES string of the molecule is [2H]c1c([2H])c(-c2ccccc2)c([2H])c(C([2H])([2H])N2CCN(c3c([2H])c([2H])c([2H])c4[nH]c(=O)oc34)CC2)c1[2H]. The Labute approximate surface area is 181 Å². The van der Waals surface area contributed by atoms with Gasteiger partial charge in [-0.15, -0.1) is 0 Å². The number of piperazine rings is 1. The molecule has 1 aliphatic heterocycles. The Morgan fingerprint density at radius 3 is 2.62 bits per heavy atom. The number of nitrogens with one attached hydrogen (secondary N) is 1. The van der Waals surface area contributed by atoms with Crippen molar-refractivity contribution in [3.05, 3.63) is 88.7 Å². The summed E-state index contributed by atoms with van der Waals surface area (Å²) < 4.78 is 81.4. The van der Waals surface area contributed by atoms with Crippen LogP contribution in [-0.4, -0.2) is 36.1 Å². The van der Waals surface area contributed by atoms with Gasteiger partial charge in [-0.1, -0.05) is 54.5 Å². The maximum absolute atomic E-state index is 11.8. The second-order valence-electron chi connectivity index (χ2n) is 6.64. The molecule has 0 amide bonds. The highest BCUT2D eigenvalue weighted by molar-refractivity contribution is 5.86. The lowest BCUT2D eigenvalue weighted by Crippen LogP contribution is -2.46. The minimum Gasteiger partial charge on any atom is -0.406 e. The molecule has 146 valence electrons. The minimum absolute atomic E-state index is 0.00302. The molecule has 0 spiro atoms. The second-order valence-corrected chi connectivity index (χ2v) is 6.64. The van der Waals surface area contributed by atoms with E-state index in [2.05, 4.69) is 4.98 Å². The summed E-state index contributed by atoms with van der Waals surface area (Å²) in [6.07, 6.45) is 0. The summed E-state index contributed by atoms with van der Waals surface area (Å²) in [6.45, 7) is -1.80. The van der Waals surface area contributed by atoms with Gasteiger partial charge in [-0.05, 0) is 34.8 Å². The van der Waals surface area contributed by atoms with Crippen LogP contribution in [0.15, 0.2) is 81.8 Å². The van der Waals surface area contributed by atoms with Crippen LogP contribution in [0.3, 0.4) is 0 Å². The van der Waals surface area contributed by atoms with E-state index in [0.717, 1.165) is 0 Å². The fourth-order valence-corrected chi connectivity index (χ4v) is 3.36. The van der Waals surface area contributed by atoms with E-state index in [4.69, 9.17) is 16.8 Å². The molecule has 5 rings (SSSR count). The molecular formula is C24H23N3O2. The highest BCUT2D eigenvalue weighted by Crippen LogP contribution is 2.26. The Bertz CT molecular complexity index is 1610. The number of hydrogen-bond acceptors (Lipinski definition) is 4. The number of aromatic amines is 1. The topological polar surface area (TPSA) is 52.5 Å². The fraction of sp³-hybridized carbons (Fsp3) is 0.208. The molecule has 0 aliphatic carbocycles. The van der Waals surface area contributed by atoms with Crippen molar-refractivity contribution in [3.63, 3.8) is 0 Å². The Morgan fingerprint density at radius 1 is 1.00 bits per heavy atom. The number of rotatable bonds is 4. The van der Waals surface area contributed by atoms with E-state index in [1.54, 1.807) is 35.2 Å². The van der Waals surface area contributed by atoms with E-state index >= 15 is 0 Å². The van der Waals surface area contributed by atoms with E-state index in [-0.39, 0.29) is 84.3 Å². The van der Waals surface area contributed by atoms with Gasteiger partial charge < -0.3 is 9.32 Å². The van der Waals surface area contributed by atoms with Crippen molar-refractivity contribution in [3.8, 4) is 11.1 Å². The van der Waals surface area contributed by atoms with E-state index in [1.165, 1.54) is 4.90 Å². The zero-order valence-electron chi connectivity index (χ0n) is 24.4. The lowest BCUT2D eigenvalue weighted by Gasteiger charge is -2.36. The average Bonchev–Trinajstić information content (AvgIpc) is 3.28. The maximum Gasteiger partial charge on any atom is 0.417 e. The maximum atomic E-state index is 11.8. The Morgan fingerprint density at radius 2 is 1.79 bits per heavy atom. The summed E-state index contributed by atoms with van der Waals surface area (Å²) >= 11 is 0. The molecule has 0 saturated carbocycles. The first kappa shape index (κ1) is 10.5. The third kappa shape index (κ3) is 3.69. The van der Waals surface area contributed by atoms with Crippen LogP contribution in [0, 0.1) is 0 Å². The number of H-pyrrole nitrogens is 1. The number of aromatic nitrogens is 1. The molecule has 29 heavy (non-hydrogen) atoms. The summed E-state index contributed by atoms with van der Waals surface area (Å²) in [5.74, 6) is -0.807. The number of hydrogen-bond donors (Lipinski definition) is 1. The number of fused-ring (bicyclic) bond motifs is 1. The number of benzene rings is 3. The fourth-order valence-electron chi connectivity index (χ4n) is 3.36. The molecule has 0 bridgehead atoms. The van der Waals surface area contributed by atoms with Crippen molar-refractivity contribution < 1.29 is 16.8 Å². The van der Waals surface area contributed by atoms with Gasteiger partial charge >= 0.3 is 5.76 Å². The van der Waals surface area contributed by atoms with E-state index in [0.29, 0.717) is 5.56 Å². The molecule has 1 saturated heterocycles. The predicted octanol–water partition coefficient (Wildman–Crippen LogP) is 4.11. The summed E-state index contributed by atoms with van der Waals surface area (Å²) in [4.78, 5) is 17.3. The standard InChI is InChI=1S/C24H23N3O2/c28-24-25-21-10-5-11-22(23(21)29-24)27-14-12-26(13-15-27)17-18-6-4-9-20(16-18)19-7-2-1-3-8-19/h1-11,16H,12-15,17H2,(H,25,28)/i4D,5D,6D,9D,10D,11D,16D,17D2. The van der Waals surface area contributed by atoms with E-state index in [9.17, 15) is 4.79 Å². The smallest absolute Gasteiger partial charge is 0.406 e. The minimum atomic E-state index is -2.32. The number of para-hydroxylation sites is 1. The van der Waals surface area contributed by atoms with Crippen molar-refractivity contribution in [2.45, 2.75) is 6.50 Å². The van der Waals surface area contributed by atoms with Crippen molar-refractivity contribution in [2.75, 3.05) is 31.1 Å². The summed E-state index contributed by atoms with van der Waals surface area (Å²) in [5.41, 5.74) is 0.469. The number of anilines is 1. The van der Waals surface area contributed by atoms with Crippen molar-refractivity contribution in [1.29, 1.82) is 0 Å². The van der Waals surface area contributed by atoms with E-state index in [1.807, 2.05) is 0 Å². The van der Waals surface area contributed by atoms with Gasteiger partial charge in [0.05, 0.1) is 20.8 Å². The van der Waals surface area contributed by atoms with Crippen LogP contribution >= 0.6 is 0 Å². The Hall–Kier alpha value is -3.31. The molecule has 1 N–H and O–H groups in total. The van der Waals surface area contributed by atoms with Crippen LogP contribution in [0.5, 0.6) is 0 Å². The lowest BCUT2D eigenvalue weighted by molar-refractivity contribution is 0.250. The van der Waals surface area contributed by atoms with Gasteiger partial charge in [-0.3, -0.25) is 9.88 Å². The first-order valence-electron chi connectivity index (χ1n) is 13.7. The van der Waals surface area contributed by atoms with Crippen molar-refractivity contribution in [1.82, 2.24) is 9.88 Å². The number of oxazole rings is 1. The monoisotopic (exact) mass is 394 g/mol. The van der Waals surface area contributed by atoms with Crippen LogP contribution < -0.4 is 10.7 Å². The molecule has 5 nitrogen and oxygen atoms in total. The van der Waals surface area contributed by atoms with Crippen LogP contribution in [0.25, 0.3) is 22.2 Å². The van der Waals surface area contributed by atoms with Crippen molar-refractivity contribution in [2.24, 2.45) is 0 Å². The molecule has 3 aromatic carbocycles. The first-order valence-corrected chi connectivity index (χ1v) is 9.24. The van der Waals surface area contributed by atoms with Gasteiger partial charge in [-0.25, -0.2) is 4.79 Å². The van der Waals surface area contributed by atoms with Crippen LogP contribution in [0.1, 0.15) is 17.9 Å².